The molecular weight excluding hydrogens is 241 g/mol. The molecule has 18 heavy (non-hydrogen) atoms. The molecule has 0 saturated carbocycles. The van der Waals surface area contributed by atoms with Crippen molar-refractivity contribution < 1.29 is 44.3 Å². The molecule has 0 radical (unpaired) electrons. The van der Waals surface area contributed by atoms with E-state index in [0.29, 0.717) is 16.8 Å². The van der Waals surface area contributed by atoms with Crippen LogP contribution in [0.15, 0.2) is 41.0 Å². The third kappa shape index (κ3) is 2.77. The molecule has 1 aromatic carbocycles. The molecule has 0 fully saturated rings. The number of hydrogen-bond acceptors (Lipinski definition) is 4. The summed E-state index contributed by atoms with van der Waals surface area (Å²) in [6, 6.07) is 8.91. The van der Waals surface area contributed by atoms with Gasteiger partial charge in [-0.15, -0.1) is 0 Å². The van der Waals surface area contributed by atoms with Crippen molar-refractivity contribution in [2.75, 3.05) is 0 Å². The number of hydrogen-bond donors (Lipinski definition) is 0. The first-order valence-corrected chi connectivity index (χ1v) is 5.17. The normalized spacial score (nSPS) is 18.5. The molecule has 0 N–H and O–H groups in total. The van der Waals surface area contributed by atoms with Crippen LogP contribution in [0.25, 0.3) is 5.57 Å². The third-order valence-electron chi connectivity index (χ3n) is 2.62. The van der Waals surface area contributed by atoms with Crippen molar-refractivity contribution in [3.63, 3.8) is 0 Å². The Labute approximate surface area is 127 Å². The first-order valence-electron chi connectivity index (χ1n) is 5.17. The zero-order valence-electron chi connectivity index (χ0n) is 10.2. The van der Waals surface area contributed by atoms with E-state index in [4.69, 9.17) is 0 Å². The molecule has 1 aromatic rings. The van der Waals surface area contributed by atoms with E-state index in [1.54, 1.807) is 31.2 Å². The summed E-state index contributed by atoms with van der Waals surface area (Å²) in [5.74, 6) is -3.17. The van der Waals surface area contributed by atoms with E-state index >= 15 is 0 Å². The van der Waals surface area contributed by atoms with Gasteiger partial charge >= 0.3 is 29.6 Å². The fourth-order valence-electron chi connectivity index (χ4n) is 1.78. The molecule has 0 spiro atoms. The molecule has 4 nitrogen and oxygen atoms in total. The zero-order valence-corrected chi connectivity index (χ0v) is 12.2. The molecule has 5 heteroatoms. The smallest absolute Gasteiger partial charge is 0.549 e. The first-order chi connectivity index (χ1) is 8.11. The number of rotatable bonds is 2. The number of carboxylic acid groups (broad SMARTS) is 1. The maximum atomic E-state index is 12.0. The van der Waals surface area contributed by atoms with Gasteiger partial charge in [-0.2, -0.15) is 0 Å². The van der Waals surface area contributed by atoms with Crippen LogP contribution >= 0.6 is 0 Å². The number of benzene rings is 1. The molecule has 1 aliphatic heterocycles. The van der Waals surface area contributed by atoms with E-state index < -0.39 is 17.7 Å². The first kappa shape index (κ1) is 14.8. The SMILES string of the molecule is CC1=C(c2ccccc2)C(=O)C(C(=O)[O-])C=N1.[Na+]. The van der Waals surface area contributed by atoms with Gasteiger partial charge in [-0.25, -0.2) is 0 Å². The molecule has 0 aliphatic carbocycles. The maximum Gasteiger partial charge on any atom is 1.00 e. The summed E-state index contributed by atoms with van der Waals surface area (Å²) in [4.78, 5) is 26.8. The molecule has 0 aromatic heterocycles. The summed E-state index contributed by atoms with van der Waals surface area (Å²) >= 11 is 0. The number of aliphatic carboxylic acids is 1. The molecule has 1 atom stereocenters. The minimum absolute atomic E-state index is 0. The van der Waals surface area contributed by atoms with Gasteiger partial charge in [-0.3, -0.25) is 9.79 Å². The summed E-state index contributed by atoms with van der Waals surface area (Å²) in [5, 5.41) is 10.8. The number of nitrogens with zero attached hydrogens (tertiary/aromatic N) is 1. The van der Waals surface area contributed by atoms with Crippen LogP contribution in [0.2, 0.25) is 0 Å². The van der Waals surface area contributed by atoms with Gasteiger partial charge < -0.3 is 9.90 Å². The van der Waals surface area contributed by atoms with Crippen molar-refractivity contribution in [2.45, 2.75) is 6.92 Å². The Kier molecular flexibility index (Phi) is 5.02. The van der Waals surface area contributed by atoms with E-state index in [1.807, 2.05) is 6.07 Å². The number of aliphatic imine (C=N–C) groups is 1. The molecule has 0 amide bonds. The van der Waals surface area contributed by atoms with E-state index in [9.17, 15) is 14.7 Å². The Hall–Kier alpha value is -1.23. The second kappa shape index (κ2) is 6.09. The summed E-state index contributed by atoms with van der Waals surface area (Å²) in [7, 11) is 0. The Bertz CT molecular complexity index is 534. The molecule has 0 saturated heterocycles. The van der Waals surface area contributed by atoms with Crippen molar-refractivity contribution in [2.24, 2.45) is 10.9 Å². The van der Waals surface area contributed by atoms with E-state index in [1.165, 1.54) is 0 Å². The van der Waals surface area contributed by atoms with Gasteiger partial charge in [0.15, 0.2) is 5.78 Å². The molecule has 1 heterocycles. The number of allylic oxidation sites excluding steroid dienone is 2. The summed E-state index contributed by atoms with van der Waals surface area (Å²) < 4.78 is 0. The Morgan fingerprint density at radius 3 is 2.44 bits per heavy atom. The van der Waals surface area contributed by atoms with Gasteiger partial charge in [0.2, 0.25) is 0 Å². The average molecular weight is 251 g/mol. The topological polar surface area (TPSA) is 69.6 Å². The van der Waals surface area contributed by atoms with E-state index in [-0.39, 0.29) is 29.6 Å². The summed E-state index contributed by atoms with van der Waals surface area (Å²) in [6.45, 7) is 1.68. The van der Waals surface area contributed by atoms with E-state index in [2.05, 4.69) is 4.99 Å². The van der Waals surface area contributed by atoms with Crippen LogP contribution in [-0.2, 0) is 9.59 Å². The molecular formula is C13H10NNaO3. The van der Waals surface area contributed by atoms with Crippen molar-refractivity contribution in [1.29, 1.82) is 0 Å². The molecule has 2 rings (SSSR count). The van der Waals surface area contributed by atoms with Crippen molar-refractivity contribution >= 4 is 23.5 Å². The van der Waals surface area contributed by atoms with Crippen molar-refractivity contribution in [1.82, 2.24) is 0 Å². The van der Waals surface area contributed by atoms with Gasteiger partial charge in [0, 0.05) is 17.5 Å². The minimum Gasteiger partial charge on any atom is -0.549 e. The monoisotopic (exact) mass is 251 g/mol. The summed E-state index contributed by atoms with van der Waals surface area (Å²) in [6.07, 6.45) is 1.12. The third-order valence-corrected chi connectivity index (χ3v) is 2.62. The van der Waals surface area contributed by atoms with Gasteiger partial charge in [-0.05, 0) is 12.5 Å². The quantitative estimate of drug-likeness (QED) is 0.429. The number of Topliss-reactive ketones (excluding diaryl/α,β-unsaturated/α-hetero) is 1. The molecule has 1 unspecified atom stereocenters. The van der Waals surface area contributed by atoms with Gasteiger partial charge in [0.1, 0.15) is 0 Å². The summed E-state index contributed by atoms with van der Waals surface area (Å²) in [5.41, 5.74) is 1.55. The average Bonchev–Trinajstić information content (AvgIpc) is 2.30. The molecule has 0 bridgehead atoms. The number of ketones is 1. The van der Waals surface area contributed by atoms with Gasteiger partial charge in [-0.1, -0.05) is 30.3 Å². The van der Waals surface area contributed by atoms with Crippen LogP contribution in [0, 0.1) is 5.92 Å². The number of carboxylic acids is 1. The standard InChI is InChI=1S/C13H11NO3.Na/c1-8-11(9-5-3-2-4-6-9)12(15)10(7-14-8)13(16)17;/h2-7,10H,1H3,(H,16,17);/q;+1/p-1. The van der Waals surface area contributed by atoms with Crippen molar-refractivity contribution in [3.05, 3.63) is 41.6 Å². The van der Waals surface area contributed by atoms with Crippen LogP contribution in [-0.4, -0.2) is 18.0 Å². The van der Waals surface area contributed by atoms with Gasteiger partial charge in [0.25, 0.3) is 0 Å². The van der Waals surface area contributed by atoms with Crippen LogP contribution in [0.4, 0.5) is 0 Å². The Morgan fingerprint density at radius 2 is 1.89 bits per heavy atom. The largest absolute Gasteiger partial charge is 1.00 e. The van der Waals surface area contributed by atoms with Crippen LogP contribution in [0.5, 0.6) is 0 Å². The second-order valence-corrected chi connectivity index (χ2v) is 3.77. The Balaban J connectivity index is 0.00000162. The maximum absolute atomic E-state index is 12.0. The zero-order chi connectivity index (χ0) is 12.4. The fourth-order valence-corrected chi connectivity index (χ4v) is 1.78. The predicted octanol–water partition coefficient (Wildman–Crippen LogP) is -2.56. The van der Waals surface area contributed by atoms with Crippen LogP contribution in [0.3, 0.4) is 0 Å². The van der Waals surface area contributed by atoms with E-state index in [0.717, 1.165) is 6.21 Å². The second-order valence-electron chi connectivity index (χ2n) is 3.77. The van der Waals surface area contributed by atoms with Crippen LogP contribution in [0.1, 0.15) is 12.5 Å². The molecule has 1 aliphatic rings. The number of carbonyl (C=O) groups excluding carboxylic acids is 2. The molecule has 86 valence electrons. The minimum atomic E-state index is -1.42. The van der Waals surface area contributed by atoms with Crippen LogP contribution < -0.4 is 34.7 Å². The Morgan fingerprint density at radius 1 is 1.28 bits per heavy atom. The number of carbonyl (C=O) groups is 2. The fraction of sp³-hybridized carbons (Fsp3) is 0.154. The van der Waals surface area contributed by atoms with Crippen molar-refractivity contribution in [3.8, 4) is 0 Å². The predicted molar refractivity (Wildman–Crippen MR) is 61.0 cm³/mol. The van der Waals surface area contributed by atoms with Gasteiger partial charge in [0.05, 0.1) is 11.9 Å².